The third kappa shape index (κ3) is 4.40. The number of benzene rings is 1. The van der Waals surface area contributed by atoms with Crippen molar-refractivity contribution in [3.8, 4) is 5.75 Å². The molecule has 1 aromatic carbocycles. The van der Waals surface area contributed by atoms with Crippen LogP contribution in [0.1, 0.15) is 11.6 Å². The zero-order valence-corrected chi connectivity index (χ0v) is 8.52. The van der Waals surface area contributed by atoms with Crippen LogP contribution in [0.25, 0.3) is 0 Å². The lowest BCUT2D eigenvalue weighted by Crippen LogP contribution is -2.12. The zero-order valence-electron chi connectivity index (χ0n) is 7.70. The standard InChI is InChI=1S/C9H10F3NO.ClH/c10-5-8(13)6-2-1-3-7(4-6)14-9(11)12;/h1-4,8-9H,5,13H2;1H/t8-;/m1./s1. The van der Waals surface area contributed by atoms with E-state index in [1.54, 1.807) is 6.07 Å². The predicted octanol–water partition coefficient (Wildman–Crippen LogP) is 2.68. The van der Waals surface area contributed by atoms with Gasteiger partial charge in [0.1, 0.15) is 12.4 Å². The van der Waals surface area contributed by atoms with Crippen LogP contribution in [0.5, 0.6) is 5.75 Å². The molecule has 2 N–H and O–H groups in total. The Balaban J connectivity index is 0.00000196. The quantitative estimate of drug-likeness (QED) is 0.880. The highest BCUT2D eigenvalue weighted by atomic mass is 35.5. The Morgan fingerprint density at radius 2 is 2.00 bits per heavy atom. The van der Waals surface area contributed by atoms with Gasteiger partial charge in [-0.25, -0.2) is 4.39 Å². The summed E-state index contributed by atoms with van der Waals surface area (Å²) in [5, 5.41) is 0. The number of hydrogen-bond donors (Lipinski definition) is 1. The maximum Gasteiger partial charge on any atom is 0.387 e. The van der Waals surface area contributed by atoms with Gasteiger partial charge in [-0.15, -0.1) is 12.4 Å². The topological polar surface area (TPSA) is 35.2 Å². The molecule has 0 bridgehead atoms. The molecular formula is C9H11ClF3NO. The average Bonchev–Trinajstić information content (AvgIpc) is 2.16. The van der Waals surface area contributed by atoms with Crippen molar-refractivity contribution in [1.29, 1.82) is 0 Å². The molecule has 86 valence electrons. The van der Waals surface area contributed by atoms with E-state index in [-0.39, 0.29) is 18.2 Å². The first-order valence-electron chi connectivity index (χ1n) is 4.00. The van der Waals surface area contributed by atoms with Gasteiger partial charge < -0.3 is 10.5 Å². The smallest absolute Gasteiger partial charge is 0.387 e. The maximum absolute atomic E-state index is 12.2. The summed E-state index contributed by atoms with van der Waals surface area (Å²) >= 11 is 0. The first-order chi connectivity index (χ1) is 6.63. The van der Waals surface area contributed by atoms with E-state index in [0.717, 1.165) is 0 Å². The molecule has 1 aromatic rings. The van der Waals surface area contributed by atoms with Crippen LogP contribution in [0.3, 0.4) is 0 Å². The van der Waals surface area contributed by atoms with E-state index in [1.807, 2.05) is 0 Å². The third-order valence-corrected chi connectivity index (χ3v) is 1.68. The minimum Gasteiger partial charge on any atom is -0.435 e. The molecule has 0 saturated carbocycles. The van der Waals surface area contributed by atoms with Gasteiger partial charge in [0.25, 0.3) is 0 Å². The van der Waals surface area contributed by atoms with E-state index in [1.165, 1.54) is 18.2 Å². The molecule has 0 amide bonds. The van der Waals surface area contributed by atoms with Gasteiger partial charge in [0, 0.05) is 0 Å². The van der Waals surface area contributed by atoms with Gasteiger partial charge in [0.05, 0.1) is 6.04 Å². The number of ether oxygens (including phenoxy) is 1. The minimum absolute atomic E-state index is 0. The second kappa shape index (κ2) is 6.53. The molecule has 0 aliphatic rings. The summed E-state index contributed by atoms with van der Waals surface area (Å²) in [7, 11) is 0. The molecule has 1 atom stereocenters. The van der Waals surface area contributed by atoms with Crippen molar-refractivity contribution in [2.75, 3.05) is 6.67 Å². The number of halogens is 4. The van der Waals surface area contributed by atoms with Gasteiger partial charge in [-0.2, -0.15) is 8.78 Å². The Labute approximate surface area is 91.6 Å². The lowest BCUT2D eigenvalue weighted by Gasteiger charge is -2.09. The Morgan fingerprint density at radius 1 is 1.33 bits per heavy atom. The van der Waals surface area contributed by atoms with E-state index >= 15 is 0 Å². The molecule has 0 spiro atoms. The van der Waals surface area contributed by atoms with Crippen molar-refractivity contribution >= 4 is 12.4 Å². The van der Waals surface area contributed by atoms with Gasteiger partial charge in [-0.3, -0.25) is 0 Å². The van der Waals surface area contributed by atoms with E-state index in [4.69, 9.17) is 5.73 Å². The van der Waals surface area contributed by atoms with Crippen LogP contribution in [0.15, 0.2) is 24.3 Å². The number of rotatable bonds is 4. The first-order valence-corrected chi connectivity index (χ1v) is 4.00. The van der Waals surface area contributed by atoms with Gasteiger partial charge >= 0.3 is 6.61 Å². The summed E-state index contributed by atoms with van der Waals surface area (Å²) in [4.78, 5) is 0. The zero-order chi connectivity index (χ0) is 10.6. The van der Waals surface area contributed by atoms with Crippen molar-refractivity contribution in [1.82, 2.24) is 0 Å². The Hall–Kier alpha value is -0.940. The van der Waals surface area contributed by atoms with Crippen LogP contribution in [0, 0.1) is 0 Å². The first kappa shape index (κ1) is 14.1. The van der Waals surface area contributed by atoms with Crippen LogP contribution in [0.2, 0.25) is 0 Å². The summed E-state index contributed by atoms with van der Waals surface area (Å²) in [6.07, 6.45) is 0. The predicted molar refractivity (Wildman–Crippen MR) is 53.2 cm³/mol. The second-order valence-corrected chi connectivity index (χ2v) is 2.71. The van der Waals surface area contributed by atoms with Crippen molar-refractivity contribution in [2.24, 2.45) is 5.73 Å². The molecule has 2 nitrogen and oxygen atoms in total. The molecule has 0 fully saturated rings. The molecule has 1 rings (SSSR count). The van der Waals surface area contributed by atoms with Crippen LogP contribution in [-0.2, 0) is 0 Å². The molecule has 0 saturated heterocycles. The molecule has 0 aromatic heterocycles. The van der Waals surface area contributed by atoms with E-state index in [2.05, 4.69) is 4.74 Å². The molecule has 0 unspecified atom stereocenters. The normalized spacial score (nSPS) is 12.1. The van der Waals surface area contributed by atoms with Gasteiger partial charge in [0.2, 0.25) is 0 Å². The Bertz CT molecular complexity index is 298. The molecule has 6 heteroatoms. The summed E-state index contributed by atoms with van der Waals surface area (Å²) < 4.78 is 39.9. The van der Waals surface area contributed by atoms with Crippen molar-refractivity contribution in [3.63, 3.8) is 0 Å². The van der Waals surface area contributed by atoms with E-state index in [9.17, 15) is 13.2 Å². The molecule has 0 aliphatic carbocycles. The van der Waals surface area contributed by atoms with Crippen LogP contribution in [0.4, 0.5) is 13.2 Å². The highest BCUT2D eigenvalue weighted by Crippen LogP contribution is 2.19. The average molecular weight is 242 g/mol. The van der Waals surface area contributed by atoms with Crippen LogP contribution >= 0.6 is 12.4 Å². The van der Waals surface area contributed by atoms with Gasteiger partial charge in [-0.1, -0.05) is 12.1 Å². The Morgan fingerprint density at radius 3 is 2.53 bits per heavy atom. The SMILES string of the molecule is Cl.N[C@H](CF)c1cccc(OC(F)F)c1. The maximum atomic E-state index is 12.2. The van der Waals surface area contributed by atoms with Crippen molar-refractivity contribution < 1.29 is 17.9 Å². The number of hydrogen-bond acceptors (Lipinski definition) is 2. The summed E-state index contributed by atoms with van der Waals surface area (Å²) in [5.41, 5.74) is 5.81. The molecule has 0 radical (unpaired) electrons. The summed E-state index contributed by atoms with van der Waals surface area (Å²) in [5.74, 6) is -0.0126. The van der Waals surface area contributed by atoms with E-state index in [0.29, 0.717) is 5.56 Å². The Kier molecular flexibility index (Phi) is 6.12. The van der Waals surface area contributed by atoms with Gasteiger partial charge in [-0.05, 0) is 17.7 Å². The highest BCUT2D eigenvalue weighted by Gasteiger charge is 2.08. The fourth-order valence-corrected chi connectivity index (χ4v) is 1.01. The molecule has 15 heavy (non-hydrogen) atoms. The minimum atomic E-state index is -2.88. The molecular weight excluding hydrogens is 231 g/mol. The largest absolute Gasteiger partial charge is 0.435 e. The lowest BCUT2D eigenvalue weighted by molar-refractivity contribution is -0.0498. The summed E-state index contributed by atoms with van der Waals surface area (Å²) in [6, 6.07) is 4.92. The number of nitrogens with two attached hydrogens (primary N) is 1. The second-order valence-electron chi connectivity index (χ2n) is 2.71. The lowest BCUT2D eigenvalue weighted by atomic mass is 10.1. The third-order valence-electron chi connectivity index (χ3n) is 1.68. The van der Waals surface area contributed by atoms with Gasteiger partial charge in [0.15, 0.2) is 0 Å². The van der Waals surface area contributed by atoms with Crippen LogP contribution < -0.4 is 10.5 Å². The highest BCUT2D eigenvalue weighted by molar-refractivity contribution is 5.85. The monoisotopic (exact) mass is 241 g/mol. The number of alkyl halides is 3. The summed E-state index contributed by atoms with van der Waals surface area (Å²) in [6.45, 7) is -3.62. The molecule has 0 aliphatic heterocycles. The fourth-order valence-electron chi connectivity index (χ4n) is 1.01. The van der Waals surface area contributed by atoms with E-state index < -0.39 is 19.3 Å². The van der Waals surface area contributed by atoms with Crippen molar-refractivity contribution in [2.45, 2.75) is 12.7 Å². The van der Waals surface area contributed by atoms with Crippen LogP contribution in [-0.4, -0.2) is 13.3 Å². The fraction of sp³-hybridized carbons (Fsp3) is 0.333. The molecule has 0 heterocycles. The van der Waals surface area contributed by atoms with Crippen molar-refractivity contribution in [3.05, 3.63) is 29.8 Å².